The molecule has 4 nitrogen and oxygen atoms in total. The van der Waals surface area contributed by atoms with Crippen LogP contribution in [0.1, 0.15) is 31.0 Å². The number of rotatable bonds is 6. The molecule has 0 aliphatic heterocycles. The van der Waals surface area contributed by atoms with Crippen LogP contribution in [0.5, 0.6) is 0 Å². The fourth-order valence-corrected chi connectivity index (χ4v) is 2.04. The molecule has 1 rings (SSSR count). The van der Waals surface area contributed by atoms with Gasteiger partial charge in [-0.2, -0.15) is 0 Å². The molecular weight excluding hydrogens is 293 g/mol. The molecule has 1 atom stereocenters. The van der Waals surface area contributed by atoms with E-state index in [4.69, 9.17) is 5.73 Å². The Hall–Kier alpha value is -0.360. The number of aromatic nitrogens is 1. The maximum atomic E-state index is 11.4. The zero-order valence-corrected chi connectivity index (χ0v) is 13.1. The lowest BCUT2D eigenvalue weighted by atomic mass is 10.2. The minimum absolute atomic E-state index is 0. The maximum Gasteiger partial charge on any atom is 0.236 e. The number of amides is 1. The normalized spacial score (nSPS) is 11.1. The molecule has 0 aromatic carbocycles. The number of nitrogens with one attached hydrogen (secondary N) is 1. The lowest BCUT2D eigenvalue weighted by Gasteiger charge is -2.08. The summed E-state index contributed by atoms with van der Waals surface area (Å²) in [6.07, 6.45) is 2.42. The number of hydrogen-bond donors (Lipinski definition) is 2. The highest BCUT2D eigenvalue weighted by atomic mass is 35.5. The molecule has 18 heavy (non-hydrogen) atoms. The van der Waals surface area contributed by atoms with Crippen molar-refractivity contribution >= 4 is 42.1 Å². The number of hydrogen-bond acceptors (Lipinski definition) is 4. The molecular formula is C11H21Cl2N3OS. The largest absolute Gasteiger partial charge is 0.354 e. The molecule has 1 aromatic heterocycles. The van der Waals surface area contributed by atoms with Gasteiger partial charge in [0.05, 0.1) is 16.7 Å². The minimum atomic E-state index is -0.387. The predicted molar refractivity (Wildman–Crippen MR) is 81.0 cm³/mol. The SMILES string of the molecule is CCc1nc(CCNC(=O)[C@@H](N)CC)cs1.Cl.Cl. The average Bonchev–Trinajstić information content (AvgIpc) is 2.75. The minimum Gasteiger partial charge on any atom is -0.354 e. The average molecular weight is 314 g/mol. The molecule has 7 heteroatoms. The molecule has 0 bridgehead atoms. The Morgan fingerprint density at radius 3 is 2.67 bits per heavy atom. The van der Waals surface area contributed by atoms with Gasteiger partial charge in [-0.1, -0.05) is 13.8 Å². The predicted octanol–water partition coefficient (Wildman–Crippen LogP) is 1.95. The van der Waals surface area contributed by atoms with E-state index in [9.17, 15) is 4.79 Å². The molecule has 0 unspecified atom stereocenters. The number of halogens is 2. The lowest BCUT2D eigenvalue weighted by Crippen LogP contribution is -2.40. The van der Waals surface area contributed by atoms with Crippen molar-refractivity contribution in [2.24, 2.45) is 5.73 Å². The third-order valence-electron chi connectivity index (χ3n) is 2.36. The monoisotopic (exact) mass is 313 g/mol. The number of nitrogens with two attached hydrogens (primary N) is 1. The Kier molecular flexibility index (Phi) is 11.7. The molecule has 1 heterocycles. The van der Waals surface area contributed by atoms with E-state index in [1.54, 1.807) is 11.3 Å². The molecule has 1 aromatic rings. The summed E-state index contributed by atoms with van der Waals surface area (Å²) in [5.41, 5.74) is 6.64. The molecule has 0 saturated carbocycles. The maximum absolute atomic E-state index is 11.4. The van der Waals surface area contributed by atoms with E-state index in [0.29, 0.717) is 13.0 Å². The summed E-state index contributed by atoms with van der Waals surface area (Å²) in [6.45, 7) is 4.60. The first-order chi connectivity index (χ1) is 7.67. The van der Waals surface area contributed by atoms with Gasteiger partial charge < -0.3 is 11.1 Å². The van der Waals surface area contributed by atoms with E-state index < -0.39 is 0 Å². The molecule has 0 radical (unpaired) electrons. The topological polar surface area (TPSA) is 68.0 Å². The second-order valence-electron chi connectivity index (χ2n) is 3.64. The Balaban J connectivity index is 0. The molecule has 1 amide bonds. The summed E-state index contributed by atoms with van der Waals surface area (Å²) in [4.78, 5) is 15.8. The van der Waals surface area contributed by atoms with Gasteiger partial charge in [0.2, 0.25) is 5.91 Å². The molecule has 0 aliphatic carbocycles. The van der Waals surface area contributed by atoms with Crippen molar-refractivity contribution in [1.82, 2.24) is 10.3 Å². The lowest BCUT2D eigenvalue weighted by molar-refractivity contribution is -0.122. The van der Waals surface area contributed by atoms with E-state index in [-0.39, 0.29) is 36.8 Å². The Morgan fingerprint density at radius 2 is 2.17 bits per heavy atom. The third kappa shape index (κ3) is 6.54. The fraction of sp³-hybridized carbons (Fsp3) is 0.636. The van der Waals surface area contributed by atoms with Crippen LogP contribution < -0.4 is 11.1 Å². The smallest absolute Gasteiger partial charge is 0.236 e. The van der Waals surface area contributed by atoms with Crippen molar-refractivity contribution in [3.8, 4) is 0 Å². The molecule has 0 spiro atoms. The van der Waals surface area contributed by atoms with E-state index in [2.05, 4.69) is 17.2 Å². The number of nitrogens with zero attached hydrogens (tertiary/aromatic N) is 1. The van der Waals surface area contributed by atoms with Crippen LogP contribution in [0.15, 0.2) is 5.38 Å². The number of carbonyl (C=O) groups is 1. The van der Waals surface area contributed by atoms with E-state index in [1.807, 2.05) is 12.3 Å². The van der Waals surface area contributed by atoms with Crippen LogP contribution in [-0.4, -0.2) is 23.5 Å². The first-order valence-electron chi connectivity index (χ1n) is 5.63. The van der Waals surface area contributed by atoms with Crippen molar-refractivity contribution in [3.05, 3.63) is 16.1 Å². The molecule has 106 valence electrons. The van der Waals surface area contributed by atoms with Crippen molar-refractivity contribution < 1.29 is 4.79 Å². The molecule has 0 saturated heterocycles. The summed E-state index contributed by atoms with van der Waals surface area (Å²) in [5.74, 6) is -0.0755. The zero-order valence-electron chi connectivity index (χ0n) is 10.6. The standard InChI is InChI=1S/C11H19N3OS.2ClH/c1-3-9(12)11(15)13-6-5-8-7-16-10(4-2)14-8;;/h7,9H,3-6,12H2,1-2H3,(H,13,15);2*1H/t9-;;/m0../s1. The molecule has 0 aliphatic rings. The summed E-state index contributed by atoms with van der Waals surface area (Å²) in [6, 6.07) is -0.387. The highest BCUT2D eigenvalue weighted by molar-refractivity contribution is 7.09. The highest BCUT2D eigenvalue weighted by Gasteiger charge is 2.09. The van der Waals surface area contributed by atoms with Crippen LogP contribution in [0.3, 0.4) is 0 Å². The number of thiazole rings is 1. The second kappa shape index (κ2) is 10.6. The van der Waals surface area contributed by atoms with Gasteiger partial charge >= 0.3 is 0 Å². The van der Waals surface area contributed by atoms with E-state index in [0.717, 1.165) is 23.5 Å². The van der Waals surface area contributed by atoms with Crippen LogP contribution in [0.2, 0.25) is 0 Å². The van der Waals surface area contributed by atoms with Gasteiger partial charge in [-0.05, 0) is 12.8 Å². The van der Waals surface area contributed by atoms with Gasteiger partial charge in [0.25, 0.3) is 0 Å². The van der Waals surface area contributed by atoms with Gasteiger partial charge in [0, 0.05) is 18.3 Å². The van der Waals surface area contributed by atoms with Crippen LogP contribution in [0.25, 0.3) is 0 Å². The number of carbonyl (C=O) groups excluding carboxylic acids is 1. The van der Waals surface area contributed by atoms with Gasteiger partial charge in [-0.3, -0.25) is 4.79 Å². The third-order valence-corrected chi connectivity index (χ3v) is 3.40. The first-order valence-corrected chi connectivity index (χ1v) is 6.51. The van der Waals surface area contributed by atoms with Crippen molar-refractivity contribution in [1.29, 1.82) is 0 Å². The molecule has 3 N–H and O–H groups in total. The Labute approximate surface area is 125 Å². The van der Waals surface area contributed by atoms with Crippen molar-refractivity contribution in [2.75, 3.05) is 6.54 Å². The Bertz CT molecular complexity index is 347. The summed E-state index contributed by atoms with van der Waals surface area (Å²) < 4.78 is 0. The first kappa shape index (κ1) is 20.0. The van der Waals surface area contributed by atoms with Crippen molar-refractivity contribution in [3.63, 3.8) is 0 Å². The van der Waals surface area contributed by atoms with Crippen LogP contribution in [-0.2, 0) is 17.6 Å². The van der Waals surface area contributed by atoms with E-state index in [1.165, 1.54) is 0 Å². The van der Waals surface area contributed by atoms with Gasteiger partial charge in [0.15, 0.2) is 0 Å². The van der Waals surface area contributed by atoms with E-state index >= 15 is 0 Å². The quantitative estimate of drug-likeness (QED) is 0.843. The highest BCUT2D eigenvalue weighted by Crippen LogP contribution is 2.10. The summed E-state index contributed by atoms with van der Waals surface area (Å²) >= 11 is 1.67. The summed E-state index contributed by atoms with van der Waals surface area (Å²) in [5, 5.41) is 6.00. The van der Waals surface area contributed by atoms with Crippen LogP contribution >= 0.6 is 36.2 Å². The van der Waals surface area contributed by atoms with Crippen LogP contribution in [0.4, 0.5) is 0 Å². The van der Waals surface area contributed by atoms with Gasteiger partial charge in [-0.15, -0.1) is 36.2 Å². The fourth-order valence-electron chi connectivity index (χ4n) is 1.26. The molecule has 0 fully saturated rings. The zero-order chi connectivity index (χ0) is 12.0. The summed E-state index contributed by atoms with van der Waals surface area (Å²) in [7, 11) is 0. The van der Waals surface area contributed by atoms with Gasteiger partial charge in [-0.25, -0.2) is 4.98 Å². The Morgan fingerprint density at radius 1 is 1.50 bits per heavy atom. The van der Waals surface area contributed by atoms with Gasteiger partial charge in [0.1, 0.15) is 0 Å². The van der Waals surface area contributed by atoms with Crippen molar-refractivity contribution in [2.45, 2.75) is 39.2 Å². The van der Waals surface area contributed by atoms with Crippen LogP contribution in [0, 0.1) is 0 Å². The number of aryl methyl sites for hydroxylation is 1. The second-order valence-corrected chi connectivity index (χ2v) is 4.58.